The average molecular weight is 243 g/mol. The Morgan fingerprint density at radius 2 is 1.53 bits per heavy atom. The van der Waals surface area contributed by atoms with Crippen LogP contribution in [0.2, 0.25) is 0 Å². The maximum atomic E-state index is 4.79. The molecule has 0 N–H and O–H groups in total. The molecule has 0 atom stereocenters. The van der Waals surface area contributed by atoms with Crippen molar-refractivity contribution in [1.82, 2.24) is 0 Å². The van der Waals surface area contributed by atoms with Gasteiger partial charge in [0.1, 0.15) is 0 Å². The number of fused-ring (bicyclic) bond motifs is 3. The molecule has 1 nitrogen and oxygen atoms in total. The molecule has 4 rings (SSSR count). The summed E-state index contributed by atoms with van der Waals surface area (Å²) in [5.74, 6) is 0. The lowest BCUT2D eigenvalue weighted by molar-refractivity contribution is 1.42. The number of nitrogens with zero attached hydrogens (tertiary/aromatic N) is 1. The van der Waals surface area contributed by atoms with Gasteiger partial charge in [-0.2, -0.15) is 0 Å². The van der Waals surface area contributed by atoms with E-state index in [9.17, 15) is 0 Å². The zero-order chi connectivity index (χ0) is 12.7. The minimum absolute atomic E-state index is 0.931. The topological polar surface area (TPSA) is 12.4 Å². The maximum Gasteiger partial charge on any atom is 0.0675 e. The fourth-order valence-electron chi connectivity index (χ4n) is 2.76. The van der Waals surface area contributed by atoms with E-state index in [-0.39, 0.29) is 0 Å². The summed E-state index contributed by atoms with van der Waals surface area (Å²) in [4.78, 5) is 4.79. The second-order valence-corrected chi connectivity index (χ2v) is 4.89. The number of aliphatic imine (C=N–C) groups is 1. The van der Waals surface area contributed by atoms with Crippen LogP contribution in [0.4, 0.5) is 5.69 Å². The molecular weight excluding hydrogens is 230 g/mol. The van der Waals surface area contributed by atoms with Crippen LogP contribution in [0.25, 0.3) is 10.8 Å². The van der Waals surface area contributed by atoms with Gasteiger partial charge in [0, 0.05) is 6.42 Å². The summed E-state index contributed by atoms with van der Waals surface area (Å²) in [5, 5.41) is 2.63. The van der Waals surface area contributed by atoms with Gasteiger partial charge in [0.15, 0.2) is 0 Å². The first-order valence-corrected chi connectivity index (χ1v) is 6.55. The van der Waals surface area contributed by atoms with Crippen molar-refractivity contribution < 1.29 is 0 Å². The van der Waals surface area contributed by atoms with Crippen molar-refractivity contribution in [2.45, 2.75) is 6.42 Å². The fourth-order valence-corrected chi connectivity index (χ4v) is 2.76. The van der Waals surface area contributed by atoms with Gasteiger partial charge in [-0.15, -0.1) is 0 Å². The monoisotopic (exact) mass is 243 g/mol. The van der Waals surface area contributed by atoms with Crippen molar-refractivity contribution in [2.24, 2.45) is 4.99 Å². The third kappa shape index (κ3) is 1.66. The summed E-state index contributed by atoms with van der Waals surface area (Å²) in [6.07, 6.45) is 0.931. The summed E-state index contributed by atoms with van der Waals surface area (Å²) in [5.41, 5.74) is 4.88. The van der Waals surface area contributed by atoms with Crippen LogP contribution in [-0.4, -0.2) is 5.71 Å². The van der Waals surface area contributed by atoms with E-state index in [4.69, 9.17) is 4.99 Å². The van der Waals surface area contributed by atoms with Crippen molar-refractivity contribution in [3.63, 3.8) is 0 Å². The van der Waals surface area contributed by atoms with Gasteiger partial charge in [0.25, 0.3) is 0 Å². The van der Waals surface area contributed by atoms with Crippen LogP contribution in [0.15, 0.2) is 71.7 Å². The predicted octanol–water partition coefficient (Wildman–Crippen LogP) is 4.52. The second kappa shape index (κ2) is 4.06. The lowest BCUT2D eigenvalue weighted by atomic mass is 9.99. The van der Waals surface area contributed by atoms with Crippen LogP contribution in [0.3, 0.4) is 0 Å². The third-order valence-corrected chi connectivity index (χ3v) is 3.72. The highest BCUT2D eigenvalue weighted by molar-refractivity contribution is 6.09. The summed E-state index contributed by atoms with van der Waals surface area (Å²) >= 11 is 0. The Kier molecular flexibility index (Phi) is 2.25. The molecule has 3 aromatic carbocycles. The van der Waals surface area contributed by atoms with E-state index in [0.717, 1.165) is 12.1 Å². The summed E-state index contributed by atoms with van der Waals surface area (Å²) in [6.45, 7) is 0. The van der Waals surface area contributed by atoms with E-state index < -0.39 is 0 Å². The summed E-state index contributed by atoms with van der Waals surface area (Å²) in [7, 11) is 0. The summed E-state index contributed by atoms with van der Waals surface area (Å²) < 4.78 is 0. The highest BCUT2D eigenvalue weighted by atomic mass is 14.8. The molecule has 1 aliphatic rings. The van der Waals surface area contributed by atoms with Crippen molar-refractivity contribution in [3.8, 4) is 0 Å². The van der Waals surface area contributed by atoms with E-state index >= 15 is 0 Å². The van der Waals surface area contributed by atoms with Crippen LogP contribution in [0.1, 0.15) is 11.1 Å². The first-order chi connectivity index (χ1) is 9.42. The Hall–Kier alpha value is -2.41. The smallest absolute Gasteiger partial charge is 0.0675 e. The van der Waals surface area contributed by atoms with E-state index in [0.29, 0.717) is 0 Å². The van der Waals surface area contributed by atoms with E-state index in [1.165, 1.54) is 27.6 Å². The van der Waals surface area contributed by atoms with Crippen LogP contribution >= 0.6 is 0 Å². The molecule has 1 aliphatic heterocycles. The largest absolute Gasteiger partial charge is 0.252 e. The Labute approximate surface area is 112 Å². The van der Waals surface area contributed by atoms with Crippen molar-refractivity contribution in [1.29, 1.82) is 0 Å². The molecule has 0 aliphatic carbocycles. The Morgan fingerprint density at radius 1 is 0.737 bits per heavy atom. The number of hydrogen-bond acceptors (Lipinski definition) is 1. The highest BCUT2D eigenvalue weighted by Crippen LogP contribution is 2.34. The van der Waals surface area contributed by atoms with Gasteiger partial charge >= 0.3 is 0 Å². The minimum Gasteiger partial charge on any atom is -0.252 e. The predicted molar refractivity (Wildman–Crippen MR) is 80.3 cm³/mol. The lowest BCUT2D eigenvalue weighted by Gasteiger charge is -2.03. The molecule has 0 saturated carbocycles. The van der Waals surface area contributed by atoms with Gasteiger partial charge in [-0.1, -0.05) is 60.7 Å². The Morgan fingerprint density at radius 3 is 2.42 bits per heavy atom. The van der Waals surface area contributed by atoms with Crippen LogP contribution < -0.4 is 0 Å². The quantitative estimate of drug-likeness (QED) is 0.596. The molecular formula is C18H13N. The molecule has 0 fully saturated rings. The summed E-state index contributed by atoms with van der Waals surface area (Å²) in [6, 6.07) is 23.3. The van der Waals surface area contributed by atoms with Gasteiger partial charge in [0.2, 0.25) is 0 Å². The van der Waals surface area contributed by atoms with Crippen LogP contribution in [0.5, 0.6) is 0 Å². The zero-order valence-corrected chi connectivity index (χ0v) is 10.5. The SMILES string of the molecule is c1ccc(C2=Nc3ccc4ccccc4c3C2)cc1. The van der Waals surface area contributed by atoms with E-state index in [1.54, 1.807) is 0 Å². The lowest BCUT2D eigenvalue weighted by Crippen LogP contribution is -1.99. The average Bonchev–Trinajstić information content (AvgIpc) is 2.93. The maximum absolute atomic E-state index is 4.79. The third-order valence-electron chi connectivity index (χ3n) is 3.72. The van der Waals surface area contributed by atoms with Crippen molar-refractivity contribution in [2.75, 3.05) is 0 Å². The Bertz CT molecular complexity index is 785. The molecule has 0 bridgehead atoms. The standard InChI is InChI=1S/C18H13N/c1-2-7-14(8-3-1)18-12-16-15-9-5-4-6-13(15)10-11-17(16)19-18/h1-11H,12H2. The first-order valence-electron chi connectivity index (χ1n) is 6.55. The van der Waals surface area contributed by atoms with Gasteiger partial charge in [-0.3, -0.25) is 4.99 Å². The number of benzene rings is 3. The van der Waals surface area contributed by atoms with Gasteiger partial charge < -0.3 is 0 Å². The fraction of sp³-hybridized carbons (Fsp3) is 0.0556. The minimum atomic E-state index is 0.931. The molecule has 1 heteroatoms. The highest BCUT2D eigenvalue weighted by Gasteiger charge is 2.17. The normalized spacial score (nSPS) is 13.4. The van der Waals surface area contributed by atoms with Crippen molar-refractivity contribution in [3.05, 3.63) is 77.9 Å². The molecule has 0 saturated heterocycles. The number of hydrogen-bond donors (Lipinski definition) is 0. The van der Waals surface area contributed by atoms with Gasteiger partial charge in [-0.25, -0.2) is 0 Å². The molecule has 90 valence electrons. The molecule has 0 radical (unpaired) electrons. The van der Waals surface area contributed by atoms with Gasteiger partial charge in [0.05, 0.1) is 11.4 Å². The molecule has 0 amide bonds. The zero-order valence-electron chi connectivity index (χ0n) is 10.5. The van der Waals surface area contributed by atoms with Crippen LogP contribution in [-0.2, 0) is 6.42 Å². The molecule has 0 aromatic heterocycles. The number of rotatable bonds is 1. The molecule has 0 spiro atoms. The second-order valence-electron chi connectivity index (χ2n) is 4.89. The first kappa shape index (κ1) is 10.5. The van der Waals surface area contributed by atoms with Crippen LogP contribution in [0, 0.1) is 0 Å². The van der Waals surface area contributed by atoms with E-state index in [1.807, 2.05) is 6.07 Å². The molecule has 1 heterocycles. The van der Waals surface area contributed by atoms with Crippen molar-refractivity contribution >= 4 is 22.2 Å². The Balaban J connectivity index is 1.86. The molecule has 3 aromatic rings. The molecule has 19 heavy (non-hydrogen) atoms. The van der Waals surface area contributed by atoms with E-state index in [2.05, 4.69) is 60.7 Å². The molecule has 0 unspecified atom stereocenters. The van der Waals surface area contributed by atoms with Gasteiger partial charge in [-0.05, 0) is 28.0 Å².